The van der Waals surface area contributed by atoms with Crippen LogP contribution in [0.1, 0.15) is 31.9 Å². The van der Waals surface area contributed by atoms with Gasteiger partial charge in [0.05, 0.1) is 11.9 Å². The molecule has 3 N–H and O–H groups in total. The third-order valence-electron chi connectivity index (χ3n) is 3.03. The number of hydrogen-bond donors (Lipinski definition) is 3. The molecule has 0 fully saturated rings. The topological polar surface area (TPSA) is 86.6 Å². The number of rotatable bonds is 7. The molecule has 0 aliphatic carbocycles. The Balaban J connectivity index is 2.56. The number of aliphatic hydroxyl groups excluding tert-OH is 1. The van der Waals surface area contributed by atoms with Gasteiger partial charge in [0.1, 0.15) is 0 Å². The molecule has 0 spiro atoms. The average Bonchev–Trinajstić information content (AvgIpc) is 2.34. The van der Waals surface area contributed by atoms with Crippen LogP contribution < -0.4 is 5.32 Å². The van der Waals surface area contributed by atoms with Crippen LogP contribution in [0.4, 0.5) is 0 Å². The van der Waals surface area contributed by atoms with Crippen molar-refractivity contribution in [2.45, 2.75) is 31.9 Å². The van der Waals surface area contributed by atoms with E-state index in [-0.39, 0.29) is 12.2 Å². The molecule has 0 amide bonds. The van der Waals surface area contributed by atoms with Crippen molar-refractivity contribution >= 4 is 26.0 Å². The minimum atomic E-state index is -3.93. The Bertz CT molecular complexity index is 528. The van der Waals surface area contributed by atoms with Gasteiger partial charge in [0, 0.05) is 10.0 Å². The van der Waals surface area contributed by atoms with Gasteiger partial charge in [-0.2, -0.15) is 8.42 Å². The van der Waals surface area contributed by atoms with Crippen LogP contribution in [0.25, 0.3) is 0 Å². The predicted molar refractivity (Wildman–Crippen MR) is 82.2 cm³/mol. The summed E-state index contributed by atoms with van der Waals surface area (Å²) in [4.78, 5) is 0. The number of hydrogen-bond acceptors (Lipinski definition) is 4. The van der Waals surface area contributed by atoms with Gasteiger partial charge in [0.25, 0.3) is 10.1 Å². The Morgan fingerprint density at radius 2 is 1.85 bits per heavy atom. The van der Waals surface area contributed by atoms with Crippen molar-refractivity contribution in [3.8, 4) is 0 Å². The van der Waals surface area contributed by atoms with Crippen molar-refractivity contribution in [3.05, 3.63) is 34.3 Å². The third-order valence-corrected chi connectivity index (χ3v) is 4.36. The lowest BCUT2D eigenvalue weighted by Crippen LogP contribution is -2.45. The highest BCUT2D eigenvalue weighted by Gasteiger charge is 2.28. The second-order valence-electron chi connectivity index (χ2n) is 5.24. The van der Waals surface area contributed by atoms with E-state index in [1.165, 1.54) is 0 Å². The average molecular weight is 366 g/mol. The molecule has 0 aromatic heterocycles. The SMILES string of the molecule is CC(C)(NCCCS(=O)(=O)O)C(O)c1ccc(Br)cc1. The van der Waals surface area contributed by atoms with E-state index in [9.17, 15) is 13.5 Å². The van der Waals surface area contributed by atoms with Crippen LogP contribution in [0, 0.1) is 0 Å². The maximum Gasteiger partial charge on any atom is 0.264 e. The fraction of sp³-hybridized carbons (Fsp3) is 0.538. The summed E-state index contributed by atoms with van der Waals surface area (Å²) in [6.45, 7) is 4.07. The maximum absolute atomic E-state index is 10.6. The lowest BCUT2D eigenvalue weighted by atomic mass is 9.91. The Hall–Kier alpha value is -0.470. The van der Waals surface area contributed by atoms with Gasteiger partial charge in [-0.3, -0.25) is 4.55 Å². The second-order valence-corrected chi connectivity index (χ2v) is 7.73. The molecular formula is C13H20BrNO4S. The van der Waals surface area contributed by atoms with E-state index in [0.717, 1.165) is 10.0 Å². The van der Waals surface area contributed by atoms with E-state index in [1.54, 1.807) is 0 Å². The Labute approximate surface area is 128 Å². The molecule has 0 heterocycles. The van der Waals surface area contributed by atoms with Crippen LogP contribution in [0.15, 0.2) is 28.7 Å². The highest BCUT2D eigenvalue weighted by Crippen LogP contribution is 2.26. The van der Waals surface area contributed by atoms with Crippen LogP contribution in [0.3, 0.4) is 0 Å². The zero-order chi connectivity index (χ0) is 15.4. The van der Waals surface area contributed by atoms with Crippen molar-refractivity contribution in [1.29, 1.82) is 0 Å². The zero-order valence-electron chi connectivity index (χ0n) is 11.5. The summed E-state index contributed by atoms with van der Waals surface area (Å²) >= 11 is 3.34. The highest BCUT2D eigenvalue weighted by molar-refractivity contribution is 9.10. The summed E-state index contributed by atoms with van der Waals surface area (Å²) in [6.07, 6.45) is -0.434. The minimum absolute atomic E-state index is 0.287. The number of benzene rings is 1. The molecule has 7 heteroatoms. The molecule has 1 unspecified atom stereocenters. The van der Waals surface area contributed by atoms with Gasteiger partial charge >= 0.3 is 0 Å². The molecule has 0 saturated carbocycles. The van der Waals surface area contributed by atoms with Gasteiger partial charge < -0.3 is 10.4 Å². The van der Waals surface area contributed by atoms with Gasteiger partial charge in [-0.05, 0) is 44.5 Å². The Morgan fingerprint density at radius 3 is 2.35 bits per heavy atom. The molecule has 20 heavy (non-hydrogen) atoms. The zero-order valence-corrected chi connectivity index (χ0v) is 13.9. The van der Waals surface area contributed by atoms with E-state index < -0.39 is 21.8 Å². The van der Waals surface area contributed by atoms with Crippen LogP contribution in [-0.4, -0.2) is 35.9 Å². The van der Waals surface area contributed by atoms with Crippen molar-refractivity contribution in [2.75, 3.05) is 12.3 Å². The van der Waals surface area contributed by atoms with Crippen molar-refractivity contribution in [2.24, 2.45) is 0 Å². The molecule has 0 aliphatic heterocycles. The first kappa shape index (κ1) is 17.6. The van der Waals surface area contributed by atoms with Crippen molar-refractivity contribution < 1.29 is 18.1 Å². The molecule has 0 aliphatic rings. The van der Waals surface area contributed by atoms with Crippen LogP contribution in [0.5, 0.6) is 0 Å². The van der Waals surface area contributed by atoms with Crippen LogP contribution in [-0.2, 0) is 10.1 Å². The molecule has 114 valence electrons. The molecule has 5 nitrogen and oxygen atoms in total. The summed E-state index contributed by atoms with van der Waals surface area (Å²) in [5.41, 5.74) is 0.174. The first-order valence-corrected chi connectivity index (χ1v) is 8.66. The van der Waals surface area contributed by atoms with Gasteiger partial charge in [0.15, 0.2) is 0 Å². The quantitative estimate of drug-likeness (QED) is 0.508. The number of halogens is 1. The summed E-state index contributed by atoms with van der Waals surface area (Å²) in [6, 6.07) is 7.37. The molecule has 1 aromatic rings. The van der Waals surface area contributed by atoms with E-state index in [1.807, 2.05) is 38.1 Å². The van der Waals surface area contributed by atoms with E-state index in [4.69, 9.17) is 4.55 Å². The summed E-state index contributed by atoms with van der Waals surface area (Å²) in [5, 5.41) is 13.5. The first-order valence-electron chi connectivity index (χ1n) is 6.25. The molecular weight excluding hydrogens is 346 g/mol. The van der Waals surface area contributed by atoms with Crippen molar-refractivity contribution in [1.82, 2.24) is 5.32 Å². The van der Waals surface area contributed by atoms with Crippen LogP contribution >= 0.6 is 15.9 Å². The summed E-state index contributed by atoms with van der Waals surface area (Å²) in [5.74, 6) is -0.287. The van der Waals surface area contributed by atoms with Gasteiger partial charge in [-0.1, -0.05) is 28.1 Å². The normalized spacial score (nSPS) is 14.2. The standard InChI is InChI=1S/C13H20BrNO4S/c1-13(2,15-8-3-9-20(17,18)19)12(16)10-4-6-11(14)7-5-10/h4-7,12,15-16H,3,8-9H2,1-2H3,(H,17,18,19). The molecule has 0 bridgehead atoms. The molecule has 1 atom stereocenters. The number of nitrogens with one attached hydrogen (secondary N) is 1. The van der Waals surface area contributed by atoms with Gasteiger partial charge in [0.2, 0.25) is 0 Å². The Morgan fingerprint density at radius 1 is 1.30 bits per heavy atom. The summed E-state index contributed by atoms with van der Waals surface area (Å²) < 4.78 is 30.8. The van der Waals surface area contributed by atoms with E-state index >= 15 is 0 Å². The van der Waals surface area contributed by atoms with Gasteiger partial charge in [-0.25, -0.2) is 0 Å². The van der Waals surface area contributed by atoms with Gasteiger partial charge in [-0.15, -0.1) is 0 Å². The lowest BCUT2D eigenvalue weighted by Gasteiger charge is -2.32. The minimum Gasteiger partial charge on any atom is -0.387 e. The molecule has 1 aromatic carbocycles. The smallest absolute Gasteiger partial charge is 0.264 e. The predicted octanol–water partition coefficient (Wildman–Crippen LogP) is 2.13. The number of aliphatic hydroxyl groups is 1. The highest BCUT2D eigenvalue weighted by atomic mass is 79.9. The lowest BCUT2D eigenvalue weighted by molar-refractivity contribution is 0.0805. The fourth-order valence-electron chi connectivity index (χ4n) is 1.82. The molecule has 0 saturated heterocycles. The monoisotopic (exact) mass is 365 g/mol. The van der Waals surface area contributed by atoms with E-state index in [2.05, 4.69) is 21.2 Å². The second kappa shape index (κ2) is 7.00. The summed E-state index contributed by atoms with van der Waals surface area (Å²) in [7, 11) is -3.93. The first-order chi connectivity index (χ1) is 9.12. The van der Waals surface area contributed by atoms with Crippen molar-refractivity contribution in [3.63, 3.8) is 0 Å². The maximum atomic E-state index is 10.6. The molecule has 0 radical (unpaired) electrons. The Kier molecular flexibility index (Phi) is 6.15. The molecule has 1 rings (SSSR count). The fourth-order valence-corrected chi connectivity index (χ4v) is 2.60. The van der Waals surface area contributed by atoms with Crippen LogP contribution in [0.2, 0.25) is 0 Å². The largest absolute Gasteiger partial charge is 0.387 e. The van der Waals surface area contributed by atoms with E-state index in [0.29, 0.717) is 6.54 Å². The third kappa shape index (κ3) is 5.88.